The summed E-state index contributed by atoms with van der Waals surface area (Å²) in [6.45, 7) is 3.69. The Morgan fingerprint density at radius 3 is 2.67 bits per heavy atom. The van der Waals surface area contributed by atoms with Gasteiger partial charge in [0, 0.05) is 5.38 Å². The molecule has 1 heterocycles. The minimum Gasteiger partial charge on any atom is -0.303 e. The average molecular weight is 208 g/mol. The summed E-state index contributed by atoms with van der Waals surface area (Å²) in [6, 6.07) is 0. The fraction of sp³-hybridized carbons (Fsp3) is 1.00. The maximum atomic E-state index is 6.01. The molecule has 72 valence electrons. The van der Waals surface area contributed by atoms with Crippen LogP contribution in [-0.4, -0.2) is 41.9 Å². The van der Waals surface area contributed by atoms with Crippen molar-refractivity contribution in [3.8, 4) is 0 Å². The van der Waals surface area contributed by atoms with Gasteiger partial charge >= 0.3 is 0 Å². The Balaban J connectivity index is 2.01. The smallest absolute Gasteiger partial charge is 0.0360 e. The predicted octanol–water partition coefficient (Wildman–Crippen LogP) is 2.44. The van der Waals surface area contributed by atoms with Gasteiger partial charge in [-0.15, -0.1) is 11.6 Å². The Bertz CT molecular complexity index is 113. The predicted molar refractivity (Wildman–Crippen MR) is 58.3 cm³/mol. The van der Waals surface area contributed by atoms with Crippen molar-refractivity contribution >= 4 is 23.4 Å². The molecule has 0 atom stereocenters. The second-order valence-corrected chi connectivity index (χ2v) is 4.97. The Kier molecular flexibility index (Phi) is 5.44. The molecule has 1 aliphatic rings. The van der Waals surface area contributed by atoms with Crippen molar-refractivity contribution in [3.05, 3.63) is 0 Å². The average Bonchev–Trinajstić information content (AvgIpc) is 2.09. The molecule has 0 radical (unpaired) electrons. The number of thioether (sulfide) groups is 1. The normalized spacial score (nSPS) is 21.5. The van der Waals surface area contributed by atoms with E-state index in [1.807, 2.05) is 11.8 Å². The number of rotatable bonds is 4. The molecule has 0 bridgehead atoms. The second-order valence-electron chi connectivity index (χ2n) is 3.36. The number of likely N-dealkylation sites (tertiary alicyclic amines) is 1. The van der Waals surface area contributed by atoms with E-state index in [0.717, 1.165) is 0 Å². The maximum Gasteiger partial charge on any atom is 0.0360 e. The zero-order valence-corrected chi connectivity index (χ0v) is 9.33. The van der Waals surface area contributed by atoms with Gasteiger partial charge in [0.1, 0.15) is 0 Å². The SMILES string of the molecule is CSCCCN1CCC(Cl)CC1. The Morgan fingerprint density at radius 2 is 2.08 bits per heavy atom. The third-order valence-corrected chi connectivity index (χ3v) is 3.47. The summed E-state index contributed by atoms with van der Waals surface area (Å²) in [5.74, 6) is 1.29. The summed E-state index contributed by atoms with van der Waals surface area (Å²) in [5.41, 5.74) is 0. The molecule has 1 fully saturated rings. The molecule has 1 rings (SSSR count). The highest BCUT2D eigenvalue weighted by molar-refractivity contribution is 7.98. The van der Waals surface area contributed by atoms with Crippen LogP contribution in [0.25, 0.3) is 0 Å². The van der Waals surface area contributed by atoms with Crippen molar-refractivity contribution in [1.29, 1.82) is 0 Å². The number of piperidine rings is 1. The lowest BCUT2D eigenvalue weighted by Gasteiger charge is -2.28. The zero-order valence-electron chi connectivity index (χ0n) is 7.76. The molecule has 0 aliphatic carbocycles. The van der Waals surface area contributed by atoms with E-state index in [1.165, 1.54) is 44.6 Å². The highest BCUT2D eigenvalue weighted by Gasteiger charge is 2.15. The molecule has 1 saturated heterocycles. The summed E-state index contributed by atoms with van der Waals surface area (Å²) < 4.78 is 0. The van der Waals surface area contributed by atoms with Crippen molar-refractivity contribution < 1.29 is 0 Å². The highest BCUT2D eigenvalue weighted by Crippen LogP contribution is 2.15. The summed E-state index contributed by atoms with van der Waals surface area (Å²) >= 11 is 7.95. The number of halogens is 1. The Labute approximate surface area is 84.8 Å². The lowest BCUT2D eigenvalue weighted by Crippen LogP contribution is -2.34. The molecule has 1 aliphatic heterocycles. The molecule has 0 aromatic rings. The van der Waals surface area contributed by atoms with Crippen molar-refractivity contribution in [2.24, 2.45) is 0 Å². The molecule has 12 heavy (non-hydrogen) atoms. The minimum absolute atomic E-state index is 0.446. The molecule has 0 aromatic carbocycles. The van der Waals surface area contributed by atoms with Crippen LogP contribution in [0, 0.1) is 0 Å². The van der Waals surface area contributed by atoms with Gasteiger partial charge in [0.05, 0.1) is 0 Å². The van der Waals surface area contributed by atoms with E-state index in [-0.39, 0.29) is 0 Å². The first-order valence-electron chi connectivity index (χ1n) is 4.68. The van der Waals surface area contributed by atoms with Crippen LogP contribution in [0.5, 0.6) is 0 Å². The van der Waals surface area contributed by atoms with Crippen molar-refractivity contribution in [2.75, 3.05) is 31.6 Å². The van der Waals surface area contributed by atoms with Crippen LogP contribution in [0.3, 0.4) is 0 Å². The van der Waals surface area contributed by atoms with Gasteiger partial charge in [0.2, 0.25) is 0 Å². The Morgan fingerprint density at radius 1 is 1.42 bits per heavy atom. The molecule has 0 spiro atoms. The van der Waals surface area contributed by atoms with E-state index in [0.29, 0.717) is 5.38 Å². The largest absolute Gasteiger partial charge is 0.303 e. The molecule has 0 aromatic heterocycles. The molecular formula is C9H18ClNS. The van der Waals surface area contributed by atoms with E-state index in [1.54, 1.807) is 0 Å². The third kappa shape index (κ3) is 4.01. The van der Waals surface area contributed by atoms with E-state index >= 15 is 0 Å². The lowest BCUT2D eigenvalue weighted by molar-refractivity contribution is 0.232. The van der Waals surface area contributed by atoms with Crippen molar-refractivity contribution in [2.45, 2.75) is 24.6 Å². The first-order chi connectivity index (χ1) is 5.83. The first kappa shape index (κ1) is 10.7. The summed E-state index contributed by atoms with van der Waals surface area (Å²) in [4.78, 5) is 2.54. The van der Waals surface area contributed by atoms with Crippen LogP contribution in [0.15, 0.2) is 0 Å². The fourth-order valence-corrected chi connectivity index (χ4v) is 2.17. The summed E-state index contributed by atoms with van der Waals surface area (Å²) in [5, 5.41) is 0.446. The molecule has 3 heteroatoms. The summed E-state index contributed by atoms with van der Waals surface area (Å²) in [7, 11) is 0. The number of nitrogens with zero attached hydrogens (tertiary/aromatic N) is 1. The van der Waals surface area contributed by atoms with Crippen LogP contribution < -0.4 is 0 Å². The van der Waals surface area contributed by atoms with Gasteiger partial charge < -0.3 is 4.90 Å². The topological polar surface area (TPSA) is 3.24 Å². The van der Waals surface area contributed by atoms with Crippen LogP contribution in [0.1, 0.15) is 19.3 Å². The van der Waals surface area contributed by atoms with Crippen molar-refractivity contribution in [1.82, 2.24) is 4.90 Å². The van der Waals surface area contributed by atoms with E-state index in [4.69, 9.17) is 11.6 Å². The van der Waals surface area contributed by atoms with Crippen LogP contribution in [-0.2, 0) is 0 Å². The zero-order chi connectivity index (χ0) is 8.81. The quantitative estimate of drug-likeness (QED) is 0.515. The third-order valence-electron chi connectivity index (χ3n) is 2.34. The molecule has 0 N–H and O–H groups in total. The Hall–Kier alpha value is 0.600. The van der Waals surface area contributed by atoms with Crippen LogP contribution in [0.2, 0.25) is 0 Å². The molecule has 0 saturated carbocycles. The van der Waals surface area contributed by atoms with Gasteiger partial charge in [0.15, 0.2) is 0 Å². The van der Waals surface area contributed by atoms with E-state index in [9.17, 15) is 0 Å². The monoisotopic (exact) mass is 207 g/mol. The van der Waals surface area contributed by atoms with Gasteiger partial charge in [-0.2, -0.15) is 11.8 Å². The summed E-state index contributed by atoms with van der Waals surface area (Å²) in [6.07, 6.45) is 5.86. The fourth-order valence-electron chi connectivity index (χ4n) is 1.56. The van der Waals surface area contributed by atoms with Crippen LogP contribution in [0.4, 0.5) is 0 Å². The minimum atomic E-state index is 0.446. The van der Waals surface area contributed by atoms with Gasteiger partial charge in [-0.1, -0.05) is 0 Å². The number of alkyl halides is 1. The molecule has 0 unspecified atom stereocenters. The van der Waals surface area contributed by atoms with Crippen LogP contribution >= 0.6 is 23.4 Å². The lowest BCUT2D eigenvalue weighted by atomic mass is 10.1. The number of hydrogen-bond acceptors (Lipinski definition) is 2. The van der Waals surface area contributed by atoms with E-state index in [2.05, 4.69) is 11.2 Å². The molecule has 1 nitrogen and oxygen atoms in total. The van der Waals surface area contributed by atoms with Gasteiger partial charge in [-0.05, 0) is 50.9 Å². The maximum absolute atomic E-state index is 6.01. The number of hydrogen-bond donors (Lipinski definition) is 0. The van der Waals surface area contributed by atoms with Gasteiger partial charge in [-0.3, -0.25) is 0 Å². The van der Waals surface area contributed by atoms with E-state index < -0.39 is 0 Å². The molecular weight excluding hydrogens is 190 g/mol. The second kappa shape index (κ2) is 6.11. The van der Waals surface area contributed by atoms with Crippen molar-refractivity contribution in [3.63, 3.8) is 0 Å². The highest BCUT2D eigenvalue weighted by atomic mass is 35.5. The van der Waals surface area contributed by atoms with Gasteiger partial charge in [0.25, 0.3) is 0 Å². The molecule has 0 amide bonds. The van der Waals surface area contributed by atoms with Gasteiger partial charge in [-0.25, -0.2) is 0 Å². The first-order valence-corrected chi connectivity index (χ1v) is 6.51. The standard InChI is InChI=1S/C9H18ClNS/c1-12-8-2-5-11-6-3-9(10)4-7-11/h9H,2-8H2,1H3.